The van der Waals surface area contributed by atoms with Crippen LogP contribution in [0.1, 0.15) is 34.8 Å². The first-order valence-electron chi connectivity index (χ1n) is 5.91. The monoisotopic (exact) mass is 251 g/mol. The molecule has 1 unspecified atom stereocenters. The highest BCUT2D eigenvalue weighted by Gasteiger charge is 2.11. The fourth-order valence-corrected chi connectivity index (χ4v) is 2.33. The minimum absolute atomic E-state index is 0.0381. The summed E-state index contributed by atoms with van der Waals surface area (Å²) in [6.45, 7) is 6.07. The van der Waals surface area contributed by atoms with Crippen molar-refractivity contribution in [1.29, 1.82) is 0 Å². The molecule has 0 bridgehead atoms. The van der Waals surface area contributed by atoms with E-state index in [1.165, 1.54) is 5.56 Å². The molecule has 1 rings (SSSR count). The Morgan fingerprint density at radius 3 is 2.71 bits per heavy atom. The van der Waals surface area contributed by atoms with Crippen LogP contribution in [-0.2, 0) is 0 Å². The predicted molar refractivity (Wildman–Crippen MR) is 75.8 cm³/mol. The lowest BCUT2D eigenvalue weighted by molar-refractivity contribution is 0.0939. The summed E-state index contributed by atoms with van der Waals surface area (Å²) in [6, 6.07) is 6.16. The van der Waals surface area contributed by atoms with Gasteiger partial charge < -0.3 is 5.32 Å². The maximum atomic E-state index is 12.0. The van der Waals surface area contributed by atoms with Gasteiger partial charge >= 0.3 is 0 Å². The fourth-order valence-electron chi connectivity index (χ4n) is 1.74. The Balaban J connectivity index is 2.63. The molecule has 0 aliphatic heterocycles. The molecule has 0 aromatic heterocycles. The Kier molecular flexibility index (Phi) is 5.56. The molecule has 0 fully saturated rings. The third-order valence-corrected chi connectivity index (χ3v) is 3.40. The van der Waals surface area contributed by atoms with Crippen LogP contribution in [0.5, 0.6) is 0 Å². The van der Waals surface area contributed by atoms with Gasteiger partial charge in [-0.25, -0.2) is 0 Å². The molecule has 0 radical (unpaired) electrons. The first-order chi connectivity index (χ1) is 8.04. The maximum absolute atomic E-state index is 12.0. The van der Waals surface area contributed by atoms with Crippen LogP contribution in [0.25, 0.3) is 0 Å². The van der Waals surface area contributed by atoms with Crippen LogP contribution in [0, 0.1) is 13.8 Å². The number of carbonyl (C=O) groups is 1. The Bertz CT molecular complexity index is 390. The van der Waals surface area contributed by atoms with E-state index in [0.717, 1.165) is 23.3 Å². The van der Waals surface area contributed by atoms with Crippen molar-refractivity contribution in [2.24, 2.45) is 0 Å². The number of hydrogen-bond donors (Lipinski definition) is 1. The van der Waals surface area contributed by atoms with E-state index >= 15 is 0 Å². The maximum Gasteiger partial charge on any atom is 0.251 e. The van der Waals surface area contributed by atoms with Crippen molar-refractivity contribution >= 4 is 17.7 Å². The standard InChI is InChI=1S/C14H21NOS/c1-10-5-6-13(11(2)9-10)14(16)15-12(3)7-8-17-4/h5-6,9,12H,7-8H2,1-4H3,(H,15,16). The molecule has 1 amide bonds. The first-order valence-corrected chi connectivity index (χ1v) is 7.31. The second-order valence-electron chi connectivity index (χ2n) is 4.47. The Morgan fingerprint density at radius 2 is 2.12 bits per heavy atom. The van der Waals surface area contributed by atoms with Crippen molar-refractivity contribution in [1.82, 2.24) is 5.32 Å². The third-order valence-electron chi connectivity index (χ3n) is 2.76. The van der Waals surface area contributed by atoms with E-state index in [-0.39, 0.29) is 11.9 Å². The second-order valence-corrected chi connectivity index (χ2v) is 5.46. The average molecular weight is 251 g/mol. The molecule has 2 nitrogen and oxygen atoms in total. The highest BCUT2D eigenvalue weighted by atomic mass is 32.2. The molecule has 0 aliphatic carbocycles. The molecule has 1 N–H and O–H groups in total. The zero-order valence-electron chi connectivity index (χ0n) is 11.0. The molecule has 1 atom stereocenters. The summed E-state index contributed by atoms with van der Waals surface area (Å²) in [5.41, 5.74) is 3.01. The van der Waals surface area contributed by atoms with Crippen molar-refractivity contribution in [2.45, 2.75) is 33.2 Å². The van der Waals surface area contributed by atoms with E-state index in [1.54, 1.807) is 11.8 Å². The van der Waals surface area contributed by atoms with Crippen LogP contribution in [0.15, 0.2) is 18.2 Å². The lowest BCUT2D eigenvalue weighted by Gasteiger charge is -2.14. The molecule has 0 aliphatic rings. The number of hydrogen-bond acceptors (Lipinski definition) is 2. The minimum Gasteiger partial charge on any atom is -0.350 e. The van der Waals surface area contributed by atoms with Crippen LogP contribution >= 0.6 is 11.8 Å². The summed E-state index contributed by atoms with van der Waals surface area (Å²) in [5, 5.41) is 3.04. The van der Waals surface area contributed by atoms with E-state index in [9.17, 15) is 4.79 Å². The number of nitrogens with one attached hydrogen (secondary N) is 1. The zero-order chi connectivity index (χ0) is 12.8. The van der Waals surface area contributed by atoms with E-state index in [2.05, 4.69) is 18.5 Å². The SMILES string of the molecule is CSCCC(C)NC(=O)c1ccc(C)cc1C. The third kappa shape index (κ3) is 4.43. The van der Waals surface area contributed by atoms with Gasteiger partial charge in [-0.15, -0.1) is 0 Å². The molecule has 0 heterocycles. The summed E-state index contributed by atoms with van der Waals surface area (Å²) in [5.74, 6) is 1.12. The van der Waals surface area contributed by atoms with Crippen molar-refractivity contribution in [3.8, 4) is 0 Å². The summed E-state index contributed by atoms with van der Waals surface area (Å²) < 4.78 is 0. The highest BCUT2D eigenvalue weighted by molar-refractivity contribution is 7.98. The Hall–Kier alpha value is -0.960. The van der Waals surface area contributed by atoms with Crippen LogP contribution < -0.4 is 5.32 Å². The topological polar surface area (TPSA) is 29.1 Å². The average Bonchev–Trinajstić information content (AvgIpc) is 2.26. The van der Waals surface area contributed by atoms with Gasteiger partial charge in [-0.3, -0.25) is 4.79 Å². The quantitative estimate of drug-likeness (QED) is 0.871. The molecule has 94 valence electrons. The van der Waals surface area contributed by atoms with Gasteiger partial charge in [0.2, 0.25) is 0 Å². The summed E-state index contributed by atoms with van der Waals surface area (Å²) >= 11 is 1.81. The minimum atomic E-state index is 0.0381. The van der Waals surface area contributed by atoms with Gasteiger partial charge in [-0.1, -0.05) is 17.7 Å². The summed E-state index contributed by atoms with van der Waals surface area (Å²) in [7, 11) is 0. The van der Waals surface area contributed by atoms with Crippen molar-refractivity contribution in [2.75, 3.05) is 12.0 Å². The van der Waals surface area contributed by atoms with Gasteiger partial charge in [0.05, 0.1) is 0 Å². The van der Waals surface area contributed by atoms with Crippen LogP contribution in [0.3, 0.4) is 0 Å². The number of aryl methyl sites for hydroxylation is 2. The lowest BCUT2D eigenvalue weighted by atomic mass is 10.0. The number of thioether (sulfide) groups is 1. The highest BCUT2D eigenvalue weighted by Crippen LogP contribution is 2.11. The molecule has 0 saturated heterocycles. The van der Waals surface area contributed by atoms with E-state index in [1.807, 2.05) is 32.0 Å². The van der Waals surface area contributed by atoms with E-state index in [0.29, 0.717) is 0 Å². The molecule has 1 aromatic rings. The molecule has 0 spiro atoms. The number of carbonyl (C=O) groups excluding carboxylic acids is 1. The van der Waals surface area contributed by atoms with Gasteiger partial charge in [0.15, 0.2) is 0 Å². The van der Waals surface area contributed by atoms with Gasteiger partial charge in [-0.05, 0) is 50.8 Å². The van der Waals surface area contributed by atoms with Crippen LogP contribution in [0.4, 0.5) is 0 Å². The lowest BCUT2D eigenvalue weighted by Crippen LogP contribution is -2.33. The zero-order valence-corrected chi connectivity index (χ0v) is 11.9. The first kappa shape index (κ1) is 14.1. The summed E-state index contributed by atoms with van der Waals surface area (Å²) in [4.78, 5) is 12.0. The smallest absolute Gasteiger partial charge is 0.251 e. The largest absolute Gasteiger partial charge is 0.350 e. The fraction of sp³-hybridized carbons (Fsp3) is 0.500. The number of benzene rings is 1. The number of amides is 1. The van der Waals surface area contributed by atoms with Gasteiger partial charge in [-0.2, -0.15) is 11.8 Å². The molecular formula is C14H21NOS. The molecular weight excluding hydrogens is 230 g/mol. The van der Waals surface area contributed by atoms with Gasteiger partial charge in [0, 0.05) is 11.6 Å². The van der Waals surface area contributed by atoms with Crippen molar-refractivity contribution < 1.29 is 4.79 Å². The second kappa shape index (κ2) is 6.70. The number of rotatable bonds is 5. The van der Waals surface area contributed by atoms with Gasteiger partial charge in [0.25, 0.3) is 5.91 Å². The predicted octanol–water partition coefficient (Wildman–Crippen LogP) is 3.17. The van der Waals surface area contributed by atoms with Crippen molar-refractivity contribution in [3.05, 3.63) is 34.9 Å². The normalized spacial score (nSPS) is 12.2. The van der Waals surface area contributed by atoms with Crippen LogP contribution in [-0.4, -0.2) is 24.0 Å². The molecule has 1 aromatic carbocycles. The van der Waals surface area contributed by atoms with Gasteiger partial charge in [0.1, 0.15) is 0 Å². The van der Waals surface area contributed by atoms with Crippen molar-refractivity contribution in [3.63, 3.8) is 0 Å². The summed E-state index contributed by atoms with van der Waals surface area (Å²) in [6.07, 6.45) is 3.09. The Labute approximate surface area is 108 Å². The van der Waals surface area contributed by atoms with Crippen LogP contribution in [0.2, 0.25) is 0 Å². The van der Waals surface area contributed by atoms with E-state index < -0.39 is 0 Å². The van der Waals surface area contributed by atoms with E-state index in [4.69, 9.17) is 0 Å². The molecule has 3 heteroatoms. The molecule has 0 saturated carbocycles. The Morgan fingerprint density at radius 1 is 1.41 bits per heavy atom. The molecule has 17 heavy (non-hydrogen) atoms.